The largest absolute Gasteiger partial charge is 0.508 e. The lowest BCUT2D eigenvalue weighted by atomic mass is 9.95. The Morgan fingerprint density at radius 2 is 1.79 bits per heavy atom. The Hall–Kier alpha value is -2.44. The SMILES string of the molecule is N[C@@H](Cc1ccc(O)cc1)C(=O)N[C@H]1CSSC[C@@H](C(=O)O)NC(=O)C2CCN(CC2)C1=O. The summed E-state index contributed by atoms with van der Waals surface area (Å²) < 4.78 is 0. The molecule has 3 saturated heterocycles. The predicted molar refractivity (Wildman–Crippen MR) is 126 cm³/mol. The lowest BCUT2D eigenvalue weighted by molar-refractivity contribution is -0.142. The van der Waals surface area contributed by atoms with Gasteiger partial charge in [-0.25, -0.2) is 4.79 Å². The lowest BCUT2D eigenvalue weighted by Crippen LogP contribution is -2.55. The van der Waals surface area contributed by atoms with Crippen molar-refractivity contribution in [3.05, 3.63) is 29.8 Å². The zero-order chi connectivity index (χ0) is 24.0. The van der Waals surface area contributed by atoms with Crippen LogP contribution in [-0.2, 0) is 25.6 Å². The minimum atomic E-state index is -1.11. The second-order valence-electron chi connectivity index (χ2n) is 8.11. The van der Waals surface area contributed by atoms with Crippen LogP contribution in [0.1, 0.15) is 18.4 Å². The van der Waals surface area contributed by atoms with E-state index in [0.717, 1.165) is 5.56 Å². The molecule has 33 heavy (non-hydrogen) atoms. The number of nitrogens with two attached hydrogens (primary N) is 1. The molecule has 12 heteroatoms. The van der Waals surface area contributed by atoms with Crippen molar-refractivity contribution in [2.75, 3.05) is 24.6 Å². The summed E-state index contributed by atoms with van der Waals surface area (Å²) in [5, 5.41) is 24.2. The van der Waals surface area contributed by atoms with Gasteiger partial charge in [0, 0.05) is 30.5 Å². The fourth-order valence-corrected chi connectivity index (χ4v) is 6.02. The van der Waals surface area contributed by atoms with E-state index in [1.54, 1.807) is 17.0 Å². The van der Waals surface area contributed by atoms with Crippen LogP contribution >= 0.6 is 21.6 Å². The van der Waals surface area contributed by atoms with Crippen LogP contribution in [0.4, 0.5) is 0 Å². The molecule has 1 aromatic rings. The van der Waals surface area contributed by atoms with E-state index in [4.69, 9.17) is 5.73 Å². The average Bonchev–Trinajstić information content (AvgIpc) is 2.81. The summed E-state index contributed by atoms with van der Waals surface area (Å²) >= 11 is 0. The molecule has 0 saturated carbocycles. The van der Waals surface area contributed by atoms with Gasteiger partial charge in [-0.1, -0.05) is 33.7 Å². The Morgan fingerprint density at radius 3 is 2.42 bits per heavy atom. The fourth-order valence-electron chi connectivity index (χ4n) is 3.71. The maximum Gasteiger partial charge on any atom is 0.327 e. The maximum atomic E-state index is 13.1. The van der Waals surface area contributed by atoms with Gasteiger partial charge in [0.05, 0.1) is 6.04 Å². The van der Waals surface area contributed by atoms with Crippen molar-refractivity contribution in [2.45, 2.75) is 37.4 Å². The van der Waals surface area contributed by atoms with Crippen LogP contribution in [0.15, 0.2) is 24.3 Å². The highest BCUT2D eigenvalue weighted by Crippen LogP contribution is 2.26. The van der Waals surface area contributed by atoms with Gasteiger partial charge < -0.3 is 31.5 Å². The average molecular weight is 497 g/mol. The Morgan fingerprint density at radius 1 is 1.15 bits per heavy atom. The van der Waals surface area contributed by atoms with Gasteiger partial charge in [-0.2, -0.15) is 0 Å². The van der Waals surface area contributed by atoms with Crippen LogP contribution < -0.4 is 16.4 Å². The quantitative estimate of drug-likeness (QED) is 0.352. The molecule has 3 aliphatic rings. The zero-order valence-electron chi connectivity index (χ0n) is 17.9. The Balaban J connectivity index is 1.67. The van der Waals surface area contributed by atoms with Crippen LogP contribution in [0.3, 0.4) is 0 Å². The molecule has 3 heterocycles. The smallest absolute Gasteiger partial charge is 0.327 e. The first-order valence-electron chi connectivity index (χ1n) is 10.6. The number of piperidine rings is 1. The van der Waals surface area contributed by atoms with Crippen molar-refractivity contribution in [3.63, 3.8) is 0 Å². The summed E-state index contributed by atoms with van der Waals surface area (Å²) in [5.41, 5.74) is 6.84. The molecule has 2 bridgehead atoms. The number of aliphatic carboxylic acids is 1. The van der Waals surface area contributed by atoms with Crippen molar-refractivity contribution in [1.29, 1.82) is 0 Å². The molecule has 180 valence electrons. The molecule has 3 fully saturated rings. The van der Waals surface area contributed by atoms with Crippen LogP contribution in [0.2, 0.25) is 0 Å². The number of aromatic hydroxyl groups is 1. The van der Waals surface area contributed by atoms with Gasteiger partial charge >= 0.3 is 5.97 Å². The summed E-state index contributed by atoms with van der Waals surface area (Å²) in [6.45, 7) is 0.719. The van der Waals surface area contributed by atoms with E-state index >= 15 is 0 Å². The summed E-state index contributed by atoms with van der Waals surface area (Å²) in [6, 6.07) is 3.67. The molecule has 0 unspecified atom stereocenters. The third-order valence-electron chi connectivity index (χ3n) is 5.69. The van der Waals surface area contributed by atoms with E-state index < -0.39 is 30.0 Å². The van der Waals surface area contributed by atoms with Gasteiger partial charge in [-0.15, -0.1) is 0 Å². The summed E-state index contributed by atoms with van der Waals surface area (Å²) in [7, 11) is 2.49. The van der Waals surface area contributed by atoms with E-state index in [1.807, 2.05) is 0 Å². The van der Waals surface area contributed by atoms with Crippen molar-refractivity contribution >= 4 is 45.3 Å². The monoisotopic (exact) mass is 496 g/mol. The third kappa shape index (κ3) is 7.02. The number of benzene rings is 1. The number of carboxylic acid groups (broad SMARTS) is 1. The molecular weight excluding hydrogens is 468 g/mol. The van der Waals surface area contributed by atoms with Crippen LogP contribution in [0, 0.1) is 5.92 Å². The number of carbonyl (C=O) groups is 4. The number of nitrogens with zero attached hydrogens (tertiary/aromatic N) is 1. The summed E-state index contributed by atoms with van der Waals surface area (Å²) in [6.07, 6.45) is 1.12. The van der Waals surface area contributed by atoms with Gasteiger partial charge in [-0.3, -0.25) is 14.4 Å². The van der Waals surface area contributed by atoms with Crippen molar-refractivity contribution < 1.29 is 29.4 Å². The molecule has 10 nitrogen and oxygen atoms in total. The molecule has 1 aromatic carbocycles. The number of carboxylic acids is 1. The number of hydrogen-bond acceptors (Lipinski definition) is 8. The maximum absolute atomic E-state index is 13.1. The topological polar surface area (TPSA) is 162 Å². The molecule has 0 radical (unpaired) electrons. The number of phenols is 1. The Bertz CT molecular complexity index is 876. The normalized spacial score (nSPS) is 25.2. The van der Waals surface area contributed by atoms with Gasteiger partial charge in [0.1, 0.15) is 17.8 Å². The minimum Gasteiger partial charge on any atom is -0.508 e. The predicted octanol–water partition coefficient (Wildman–Crippen LogP) is -0.0502. The number of phenolic OH excluding ortho intramolecular Hbond substituents is 1. The number of nitrogens with one attached hydrogen (secondary N) is 2. The third-order valence-corrected chi connectivity index (χ3v) is 8.11. The standard InChI is InChI=1S/C21H28N4O6S2/c22-15(9-12-1-3-14(26)4-2-12)19(28)23-16-10-32-33-11-17(21(30)31)24-18(27)13-5-7-25(8-6-13)20(16)29/h1-4,13,15-17,26H,5-11,22H2,(H,23,28)(H,24,27)(H,30,31)/t15-,16-,17-/m0/s1. The van der Waals surface area contributed by atoms with Gasteiger partial charge in [0.2, 0.25) is 17.7 Å². The molecule has 3 amide bonds. The minimum absolute atomic E-state index is 0.117. The van der Waals surface area contributed by atoms with E-state index in [9.17, 15) is 29.4 Å². The number of amides is 3. The van der Waals surface area contributed by atoms with Gasteiger partial charge in [0.25, 0.3) is 0 Å². The Kier molecular flexibility index (Phi) is 8.87. The van der Waals surface area contributed by atoms with Crippen LogP contribution in [-0.4, -0.2) is 81.5 Å². The van der Waals surface area contributed by atoms with Crippen molar-refractivity contribution in [2.24, 2.45) is 11.7 Å². The molecule has 6 N–H and O–H groups in total. The lowest BCUT2D eigenvalue weighted by Gasteiger charge is -2.34. The molecule has 0 aromatic heterocycles. The van der Waals surface area contributed by atoms with E-state index in [0.29, 0.717) is 25.9 Å². The highest BCUT2D eigenvalue weighted by Gasteiger charge is 2.34. The molecule has 3 aliphatic heterocycles. The van der Waals surface area contributed by atoms with Crippen LogP contribution in [0.25, 0.3) is 0 Å². The second kappa shape index (κ2) is 11.6. The van der Waals surface area contributed by atoms with Gasteiger partial charge in [-0.05, 0) is 37.0 Å². The number of carbonyl (C=O) groups excluding carboxylic acids is 3. The summed E-state index contributed by atoms with van der Waals surface area (Å²) in [4.78, 5) is 51.5. The molecule has 3 atom stereocenters. The van der Waals surface area contributed by atoms with E-state index in [-0.39, 0.29) is 41.4 Å². The zero-order valence-corrected chi connectivity index (χ0v) is 19.6. The van der Waals surface area contributed by atoms with Crippen molar-refractivity contribution in [1.82, 2.24) is 15.5 Å². The molecule has 0 spiro atoms. The summed E-state index contributed by atoms with van der Waals surface area (Å²) in [5.74, 6) is -1.96. The molecule has 0 aliphatic carbocycles. The van der Waals surface area contributed by atoms with E-state index in [2.05, 4.69) is 10.6 Å². The highest BCUT2D eigenvalue weighted by molar-refractivity contribution is 8.76. The van der Waals surface area contributed by atoms with Crippen molar-refractivity contribution in [3.8, 4) is 5.75 Å². The second-order valence-corrected chi connectivity index (χ2v) is 10.7. The Labute approximate surface area is 199 Å². The molecular formula is C21H28N4O6S2. The van der Waals surface area contributed by atoms with E-state index in [1.165, 1.54) is 33.7 Å². The highest BCUT2D eigenvalue weighted by atomic mass is 33.1. The van der Waals surface area contributed by atoms with Crippen LogP contribution in [0.5, 0.6) is 5.75 Å². The van der Waals surface area contributed by atoms with Gasteiger partial charge in [0.15, 0.2) is 0 Å². The fraction of sp³-hybridized carbons (Fsp3) is 0.524. The first-order valence-corrected chi connectivity index (χ1v) is 13.1. The first-order chi connectivity index (χ1) is 15.7. The number of fused-ring (bicyclic) bond motifs is 10. The molecule has 4 rings (SSSR count). The number of hydrogen-bond donors (Lipinski definition) is 5. The number of rotatable bonds is 5. The first kappa shape index (κ1) is 25.2.